The number of hydrogen-bond donors (Lipinski definition) is 1. The number of rotatable bonds is 4. The summed E-state index contributed by atoms with van der Waals surface area (Å²) in [5.74, 6) is -0.697. The number of primary amides is 1. The molecule has 0 spiro atoms. The molecule has 0 unspecified atom stereocenters. The van der Waals surface area contributed by atoms with Crippen molar-refractivity contribution < 1.29 is 22.8 Å². The highest BCUT2D eigenvalue weighted by molar-refractivity contribution is 5.97. The number of nitrogens with two attached hydrogens (primary N) is 1. The van der Waals surface area contributed by atoms with Crippen LogP contribution in [0, 0.1) is 0 Å². The standard InChI is InChI=1S/C20H20F3N3O2/c21-20(22,23)17-3-1-2-14(12-17)13-25-8-10-26(11-9-25)19(28)16-6-4-15(5-7-16)18(24)27/h1-7,12H,8-11,13H2,(H2,24,27). The predicted molar refractivity (Wildman–Crippen MR) is 97.6 cm³/mol. The zero-order valence-corrected chi connectivity index (χ0v) is 15.1. The van der Waals surface area contributed by atoms with Crippen LogP contribution in [0.15, 0.2) is 48.5 Å². The lowest BCUT2D eigenvalue weighted by atomic mass is 10.1. The van der Waals surface area contributed by atoms with Crippen LogP contribution in [0.5, 0.6) is 0 Å². The quantitative estimate of drug-likeness (QED) is 0.872. The third kappa shape index (κ3) is 4.69. The van der Waals surface area contributed by atoms with E-state index in [0.717, 1.165) is 12.1 Å². The molecule has 1 saturated heterocycles. The highest BCUT2D eigenvalue weighted by atomic mass is 19.4. The van der Waals surface area contributed by atoms with Crippen LogP contribution in [0.1, 0.15) is 31.8 Å². The molecule has 5 nitrogen and oxygen atoms in total. The first-order valence-corrected chi connectivity index (χ1v) is 8.81. The Morgan fingerprint density at radius 3 is 2.11 bits per heavy atom. The Hall–Kier alpha value is -2.87. The van der Waals surface area contributed by atoms with Crippen LogP contribution in [-0.4, -0.2) is 47.8 Å². The predicted octanol–water partition coefficient (Wildman–Crippen LogP) is 2.76. The van der Waals surface area contributed by atoms with E-state index in [-0.39, 0.29) is 5.91 Å². The number of benzene rings is 2. The lowest BCUT2D eigenvalue weighted by molar-refractivity contribution is -0.137. The lowest BCUT2D eigenvalue weighted by Crippen LogP contribution is -2.48. The molecule has 3 rings (SSSR count). The molecule has 1 fully saturated rings. The van der Waals surface area contributed by atoms with Crippen molar-refractivity contribution in [3.63, 3.8) is 0 Å². The van der Waals surface area contributed by atoms with Gasteiger partial charge in [0.25, 0.3) is 5.91 Å². The summed E-state index contributed by atoms with van der Waals surface area (Å²) < 4.78 is 38.5. The van der Waals surface area contributed by atoms with Crippen LogP contribution in [0.3, 0.4) is 0 Å². The van der Waals surface area contributed by atoms with E-state index in [0.29, 0.717) is 49.4 Å². The van der Waals surface area contributed by atoms with E-state index in [9.17, 15) is 22.8 Å². The summed E-state index contributed by atoms with van der Waals surface area (Å²) >= 11 is 0. The van der Waals surface area contributed by atoms with Gasteiger partial charge in [0.15, 0.2) is 0 Å². The second-order valence-corrected chi connectivity index (χ2v) is 6.71. The van der Waals surface area contributed by atoms with Gasteiger partial charge in [-0.25, -0.2) is 0 Å². The molecular weight excluding hydrogens is 371 g/mol. The minimum absolute atomic E-state index is 0.144. The Bertz CT molecular complexity index is 858. The van der Waals surface area contributed by atoms with E-state index in [2.05, 4.69) is 0 Å². The maximum Gasteiger partial charge on any atom is 0.416 e. The molecule has 148 valence electrons. The first-order chi connectivity index (χ1) is 13.2. The number of amides is 2. The normalized spacial score (nSPS) is 15.5. The van der Waals surface area contributed by atoms with Crippen LogP contribution in [-0.2, 0) is 12.7 Å². The third-order valence-electron chi connectivity index (χ3n) is 4.74. The number of piperazine rings is 1. The molecule has 0 atom stereocenters. The molecule has 1 aliphatic heterocycles. The molecule has 1 aliphatic rings. The number of halogens is 3. The number of carbonyl (C=O) groups excluding carboxylic acids is 2. The summed E-state index contributed by atoms with van der Waals surface area (Å²) in [4.78, 5) is 27.4. The molecule has 0 aromatic heterocycles. The fraction of sp³-hybridized carbons (Fsp3) is 0.300. The number of hydrogen-bond acceptors (Lipinski definition) is 3. The van der Waals surface area contributed by atoms with Gasteiger partial charge in [0.1, 0.15) is 0 Å². The van der Waals surface area contributed by atoms with Gasteiger partial charge in [-0.15, -0.1) is 0 Å². The molecule has 2 amide bonds. The topological polar surface area (TPSA) is 66.6 Å². The summed E-state index contributed by atoms with van der Waals surface area (Å²) in [6.07, 6.45) is -4.36. The second kappa shape index (κ2) is 8.02. The zero-order valence-electron chi connectivity index (χ0n) is 15.1. The summed E-state index contributed by atoms with van der Waals surface area (Å²) in [5, 5.41) is 0. The van der Waals surface area contributed by atoms with Gasteiger partial charge in [-0.1, -0.05) is 18.2 Å². The third-order valence-corrected chi connectivity index (χ3v) is 4.74. The highest BCUT2D eigenvalue weighted by Gasteiger charge is 2.30. The van der Waals surface area contributed by atoms with Crippen molar-refractivity contribution in [1.82, 2.24) is 9.80 Å². The van der Waals surface area contributed by atoms with E-state index in [4.69, 9.17) is 5.73 Å². The fourth-order valence-corrected chi connectivity index (χ4v) is 3.17. The van der Waals surface area contributed by atoms with Gasteiger partial charge in [0.05, 0.1) is 5.56 Å². The Morgan fingerprint density at radius 1 is 0.929 bits per heavy atom. The summed E-state index contributed by atoms with van der Waals surface area (Å²) in [6.45, 7) is 2.51. The minimum Gasteiger partial charge on any atom is -0.366 e. The van der Waals surface area contributed by atoms with Gasteiger partial charge < -0.3 is 10.6 Å². The SMILES string of the molecule is NC(=O)c1ccc(C(=O)N2CCN(Cc3cccc(C(F)(F)F)c3)CC2)cc1. The van der Waals surface area contributed by atoms with Crippen LogP contribution < -0.4 is 5.73 Å². The molecule has 2 aromatic carbocycles. The van der Waals surface area contributed by atoms with Gasteiger partial charge in [0.2, 0.25) is 5.91 Å². The molecule has 0 bridgehead atoms. The maximum atomic E-state index is 12.8. The monoisotopic (exact) mass is 391 g/mol. The second-order valence-electron chi connectivity index (χ2n) is 6.71. The van der Waals surface area contributed by atoms with Crippen LogP contribution in [0.2, 0.25) is 0 Å². The molecule has 2 N–H and O–H groups in total. The van der Waals surface area contributed by atoms with Gasteiger partial charge in [0, 0.05) is 43.9 Å². The van der Waals surface area contributed by atoms with Crippen molar-refractivity contribution in [1.29, 1.82) is 0 Å². The first kappa shape index (κ1) is 19.9. The highest BCUT2D eigenvalue weighted by Crippen LogP contribution is 2.29. The average molecular weight is 391 g/mol. The van der Waals surface area contributed by atoms with E-state index in [1.165, 1.54) is 18.2 Å². The summed E-state index contributed by atoms with van der Waals surface area (Å²) in [6, 6.07) is 11.5. The van der Waals surface area contributed by atoms with Gasteiger partial charge in [-0.3, -0.25) is 14.5 Å². The zero-order chi connectivity index (χ0) is 20.3. The van der Waals surface area contributed by atoms with Crippen molar-refractivity contribution in [3.8, 4) is 0 Å². The largest absolute Gasteiger partial charge is 0.416 e. The van der Waals surface area contributed by atoms with Gasteiger partial charge in [-0.05, 0) is 35.9 Å². The van der Waals surface area contributed by atoms with E-state index >= 15 is 0 Å². The molecule has 0 aliphatic carbocycles. The smallest absolute Gasteiger partial charge is 0.366 e. The average Bonchev–Trinajstić information content (AvgIpc) is 2.68. The first-order valence-electron chi connectivity index (χ1n) is 8.81. The van der Waals surface area contributed by atoms with Crippen molar-refractivity contribution in [2.24, 2.45) is 5.73 Å². The molecule has 1 heterocycles. The van der Waals surface area contributed by atoms with E-state index in [1.54, 1.807) is 23.1 Å². The van der Waals surface area contributed by atoms with Gasteiger partial charge >= 0.3 is 6.18 Å². The van der Waals surface area contributed by atoms with Gasteiger partial charge in [-0.2, -0.15) is 13.2 Å². The minimum atomic E-state index is -4.36. The van der Waals surface area contributed by atoms with Crippen molar-refractivity contribution in [3.05, 3.63) is 70.8 Å². The maximum absolute atomic E-state index is 12.8. The Morgan fingerprint density at radius 2 is 1.54 bits per heavy atom. The summed E-state index contributed by atoms with van der Waals surface area (Å²) in [7, 11) is 0. The molecule has 2 aromatic rings. The molecular formula is C20H20F3N3O2. The molecule has 0 radical (unpaired) electrons. The molecule has 28 heavy (non-hydrogen) atoms. The van der Waals surface area contributed by atoms with Crippen molar-refractivity contribution >= 4 is 11.8 Å². The number of nitrogens with zero attached hydrogens (tertiary/aromatic N) is 2. The number of carbonyl (C=O) groups is 2. The Balaban J connectivity index is 1.57. The van der Waals surface area contributed by atoms with E-state index in [1.807, 2.05) is 4.90 Å². The Kier molecular flexibility index (Phi) is 5.69. The van der Waals surface area contributed by atoms with Crippen LogP contribution >= 0.6 is 0 Å². The van der Waals surface area contributed by atoms with Crippen molar-refractivity contribution in [2.45, 2.75) is 12.7 Å². The number of alkyl halides is 3. The molecule has 8 heteroatoms. The van der Waals surface area contributed by atoms with Crippen LogP contribution in [0.4, 0.5) is 13.2 Å². The molecule has 0 saturated carbocycles. The van der Waals surface area contributed by atoms with Crippen molar-refractivity contribution in [2.75, 3.05) is 26.2 Å². The fourth-order valence-electron chi connectivity index (χ4n) is 3.17. The summed E-state index contributed by atoms with van der Waals surface area (Å²) in [5.41, 5.74) is 5.94. The van der Waals surface area contributed by atoms with Crippen LogP contribution in [0.25, 0.3) is 0 Å². The lowest BCUT2D eigenvalue weighted by Gasteiger charge is -2.35. The van der Waals surface area contributed by atoms with E-state index < -0.39 is 17.6 Å². The Labute approximate surface area is 160 Å².